The smallest absolute Gasteiger partial charge is 0.273 e. The Morgan fingerprint density at radius 1 is 1.21 bits per heavy atom. The van der Waals surface area contributed by atoms with Crippen molar-refractivity contribution in [3.05, 3.63) is 58.1 Å². The van der Waals surface area contributed by atoms with Crippen molar-refractivity contribution < 1.29 is 19.2 Å². The Kier molecular flexibility index (Phi) is 7.70. The molecule has 0 aliphatic heterocycles. The van der Waals surface area contributed by atoms with Gasteiger partial charge in [-0.3, -0.25) is 20.2 Å². The number of non-ortho nitro benzene ring substituents is 1. The van der Waals surface area contributed by atoms with E-state index >= 15 is 0 Å². The van der Waals surface area contributed by atoms with Crippen LogP contribution in [0.2, 0.25) is 0 Å². The lowest BCUT2D eigenvalue weighted by Gasteiger charge is -2.13. The molecule has 148 valence electrons. The fraction of sp³-hybridized carbons (Fsp3) is 0.263. The van der Waals surface area contributed by atoms with Crippen molar-refractivity contribution in [3.63, 3.8) is 0 Å². The van der Waals surface area contributed by atoms with E-state index in [0.29, 0.717) is 23.6 Å². The summed E-state index contributed by atoms with van der Waals surface area (Å²) < 4.78 is 10.7. The predicted octanol–water partition coefficient (Wildman–Crippen LogP) is 3.91. The second-order valence-electron chi connectivity index (χ2n) is 5.78. The highest BCUT2D eigenvalue weighted by atomic mass is 32.1. The molecular formula is C19H21N3O5S. The number of nitro groups is 1. The van der Waals surface area contributed by atoms with Gasteiger partial charge in [0, 0.05) is 11.6 Å². The van der Waals surface area contributed by atoms with E-state index in [1.165, 1.54) is 25.3 Å². The molecule has 0 fully saturated rings. The molecule has 1 amide bonds. The molecule has 2 aromatic carbocycles. The Labute approximate surface area is 168 Å². The fourth-order valence-electron chi connectivity index (χ4n) is 2.26. The highest BCUT2D eigenvalue weighted by molar-refractivity contribution is 7.80. The minimum absolute atomic E-state index is 0.0421. The summed E-state index contributed by atoms with van der Waals surface area (Å²) >= 11 is 5.14. The lowest BCUT2D eigenvalue weighted by molar-refractivity contribution is -0.384. The Morgan fingerprint density at radius 3 is 2.54 bits per heavy atom. The minimum atomic E-state index is -0.526. The van der Waals surface area contributed by atoms with Crippen LogP contribution in [-0.4, -0.2) is 29.7 Å². The third-order valence-electron chi connectivity index (χ3n) is 3.75. The summed E-state index contributed by atoms with van der Waals surface area (Å²) in [6.45, 7) is 2.72. The summed E-state index contributed by atoms with van der Waals surface area (Å²) in [4.78, 5) is 22.6. The van der Waals surface area contributed by atoms with Gasteiger partial charge in [-0.25, -0.2) is 0 Å². The molecule has 0 unspecified atom stereocenters. The van der Waals surface area contributed by atoms with E-state index in [1.807, 2.05) is 0 Å². The number of nitrogens with zero attached hydrogens (tertiary/aromatic N) is 1. The first-order valence-corrected chi connectivity index (χ1v) is 9.03. The number of anilines is 1. The van der Waals surface area contributed by atoms with Crippen molar-refractivity contribution in [3.8, 4) is 11.5 Å². The number of benzene rings is 2. The van der Waals surface area contributed by atoms with Gasteiger partial charge in [-0.15, -0.1) is 0 Å². The van der Waals surface area contributed by atoms with Crippen LogP contribution in [0.5, 0.6) is 11.5 Å². The summed E-state index contributed by atoms with van der Waals surface area (Å²) in [5, 5.41) is 16.2. The van der Waals surface area contributed by atoms with Crippen LogP contribution < -0.4 is 20.1 Å². The van der Waals surface area contributed by atoms with E-state index < -0.39 is 10.8 Å². The summed E-state index contributed by atoms with van der Waals surface area (Å²) in [5.74, 6) is 0.541. The number of nitro benzene ring substituents is 1. The highest BCUT2D eigenvalue weighted by Crippen LogP contribution is 2.28. The van der Waals surface area contributed by atoms with Gasteiger partial charge in [0.15, 0.2) is 5.11 Å². The largest absolute Gasteiger partial charge is 0.494 e. The van der Waals surface area contributed by atoms with Gasteiger partial charge < -0.3 is 14.8 Å². The second-order valence-corrected chi connectivity index (χ2v) is 6.18. The maximum Gasteiger partial charge on any atom is 0.273 e. The lowest BCUT2D eigenvalue weighted by Crippen LogP contribution is -2.34. The van der Waals surface area contributed by atoms with Gasteiger partial charge in [0.05, 0.1) is 30.4 Å². The summed E-state index contributed by atoms with van der Waals surface area (Å²) in [5.41, 5.74) is 0.708. The zero-order valence-corrected chi connectivity index (χ0v) is 16.4. The first kappa shape index (κ1) is 21.1. The van der Waals surface area contributed by atoms with E-state index in [-0.39, 0.29) is 16.5 Å². The monoisotopic (exact) mass is 403 g/mol. The van der Waals surface area contributed by atoms with Crippen molar-refractivity contribution in [2.75, 3.05) is 19.0 Å². The lowest BCUT2D eigenvalue weighted by atomic mass is 10.2. The van der Waals surface area contributed by atoms with E-state index in [4.69, 9.17) is 21.7 Å². The first-order chi connectivity index (χ1) is 13.4. The molecule has 0 atom stereocenters. The number of hydrogen-bond acceptors (Lipinski definition) is 6. The summed E-state index contributed by atoms with van der Waals surface area (Å²) in [7, 11) is 1.38. The van der Waals surface area contributed by atoms with Crippen LogP contribution >= 0.6 is 12.2 Å². The molecule has 2 N–H and O–H groups in total. The Balaban J connectivity index is 1.97. The average molecular weight is 403 g/mol. The molecule has 0 bridgehead atoms. The second kappa shape index (κ2) is 10.2. The van der Waals surface area contributed by atoms with Crippen LogP contribution in [-0.2, 0) is 0 Å². The number of thiocarbonyl (C=S) groups is 1. The molecule has 9 heteroatoms. The summed E-state index contributed by atoms with van der Waals surface area (Å²) in [6.07, 6.45) is 2.01. The maximum atomic E-state index is 12.3. The number of ether oxygens (including phenoxy) is 2. The zero-order chi connectivity index (χ0) is 20.5. The number of nitrogens with one attached hydrogen (secondary N) is 2. The molecule has 0 aromatic heterocycles. The Hall–Kier alpha value is -3.20. The molecule has 0 saturated heterocycles. The highest BCUT2D eigenvalue weighted by Gasteiger charge is 2.14. The number of carbonyl (C=O) groups is 1. The van der Waals surface area contributed by atoms with Crippen LogP contribution in [0.15, 0.2) is 42.5 Å². The molecule has 0 spiro atoms. The van der Waals surface area contributed by atoms with Gasteiger partial charge in [0.1, 0.15) is 11.5 Å². The van der Waals surface area contributed by atoms with Crippen molar-refractivity contribution in [2.45, 2.75) is 19.8 Å². The van der Waals surface area contributed by atoms with Gasteiger partial charge in [0.2, 0.25) is 0 Å². The summed E-state index contributed by atoms with van der Waals surface area (Å²) in [6, 6.07) is 10.8. The average Bonchev–Trinajstić information content (AvgIpc) is 2.68. The molecule has 0 aliphatic carbocycles. The topological polar surface area (TPSA) is 103 Å². The van der Waals surface area contributed by atoms with Crippen molar-refractivity contribution in [1.29, 1.82) is 0 Å². The number of unbranched alkanes of at least 4 members (excludes halogenated alkanes) is 1. The molecule has 2 aromatic rings. The molecule has 0 radical (unpaired) electrons. The van der Waals surface area contributed by atoms with Gasteiger partial charge in [-0.1, -0.05) is 13.3 Å². The third-order valence-corrected chi connectivity index (χ3v) is 3.96. The minimum Gasteiger partial charge on any atom is -0.494 e. The Bertz CT molecular complexity index is 855. The molecule has 2 rings (SSSR count). The molecule has 8 nitrogen and oxygen atoms in total. The van der Waals surface area contributed by atoms with Gasteiger partial charge >= 0.3 is 0 Å². The van der Waals surface area contributed by atoms with E-state index in [0.717, 1.165) is 12.8 Å². The quantitative estimate of drug-likeness (QED) is 0.298. The number of hydrogen-bond donors (Lipinski definition) is 2. The number of rotatable bonds is 8. The van der Waals surface area contributed by atoms with Crippen LogP contribution in [0.4, 0.5) is 11.4 Å². The van der Waals surface area contributed by atoms with Gasteiger partial charge in [0.25, 0.3) is 11.6 Å². The van der Waals surface area contributed by atoms with Crippen LogP contribution in [0.3, 0.4) is 0 Å². The predicted molar refractivity (Wildman–Crippen MR) is 110 cm³/mol. The van der Waals surface area contributed by atoms with Crippen LogP contribution in [0.1, 0.15) is 30.1 Å². The van der Waals surface area contributed by atoms with Crippen molar-refractivity contribution in [2.24, 2.45) is 0 Å². The SMILES string of the molecule is CCCCOc1ccc(C(=O)NC(=S)Nc2ccc([N+](=O)[O-])cc2OC)cc1. The molecule has 0 heterocycles. The van der Waals surface area contributed by atoms with Crippen LogP contribution in [0.25, 0.3) is 0 Å². The van der Waals surface area contributed by atoms with Crippen LogP contribution in [0, 0.1) is 10.1 Å². The van der Waals surface area contributed by atoms with E-state index in [1.54, 1.807) is 24.3 Å². The molecule has 28 heavy (non-hydrogen) atoms. The zero-order valence-electron chi connectivity index (χ0n) is 15.6. The van der Waals surface area contributed by atoms with Crippen molar-refractivity contribution in [1.82, 2.24) is 5.32 Å². The fourth-order valence-corrected chi connectivity index (χ4v) is 2.47. The number of methoxy groups -OCH3 is 1. The van der Waals surface area contributed by atoms with Crippen molar-refractivity contribution >= 4 is 34.6 Å². The number of carbonyl (C=O) groups excluding carboxylic acids is 1. The van der Waals surface area contributed by atoms with Gasteiger partial charge in [-0.05, 0) is 49.0 Å². The normalized spacial score (nSPS) is 10.1. The number of amides is 1. The van der Waals surface area contributed by atoms with E-state index in [2.05, 4.69) is 17.6 Å². The van der Waals surface area contributed by atoms with E-state index in [9.17, 15) is 14.9 Å². The standard InChI is InChI=1S/C19H21N3O5S/c1-3-4-11-27-15-8-5-13(6-9-15)18(23)21-19(28)20-16-10-7-14(22(24)25)12-17(16)26-2/h5-10,12H,3-4,11H2,1-2H3,(H2,20,21,23,28). The maximum absolute atomic E-state index is 12.3. The molecular weight excluding hydrogens is 382 g/mol. The molecule has 0 aliphatic rings. The van der Waals surface area contributed by atoms with Gasteiger partial charge in [-0.2, -0.15) is 0 Å². The first-order valence-electron chi connectivity index (χ1n) is 8.62. The third kappa shape index (κ3) is 5.92. The Morgan fingerprint density at radius 2 is 1.93 bits per heavy atom. The molecule has 0 saturated carbocycles.